The van der Waals surface area contributed by atoms with E-state index in [1.165, 1.54) is 6.07 Å². The van der Waals surface area contributed by atoms with Crippen LogP contribution in [0.4, 0.5) is 5.95 Å². The predicted molar refractivity (Wildman–Crippen MR) is 57.9 cm³/mol. The number of hydrogen-bond donors (Lipinski definition) is 2. The normalized spacial score (nSPS) is 10.8. The second-order valence-electron chi connectivity index (χ2n) is 3.12. The van der Waals surface area contributed by atoms with E-state index in [1.807, 2.05) is 6.07 Å². The zero-order valence-corrected chi connectivity index (χ0v) is 9.45. The van der Waals surface area contributed by atoms with E-state index in [1.54, 1.807) is 6.92 Å². The molecule has 3 N–H and O–H groups in total. The van der Waals surface area contributed by atoms with Crippen LogP contribution in [-0.2, 0) is 10.0 Å². The molecule has 0 saturated heterocycles. The first-order valence-electron chi connectivity index (χ1n) is 4.41. The lowest BCUT2D eigenvalue weighted by Gasteiger charge is -2.04. The van der Waals surface area contributed by atoms with E-state index in [-0.39, 0.29) is 23.9 Å². The molecule has 0 fully saturated rings. The van der Waals surface area contributed by atoms with Crippen LogP contribution >= 0.6 is 0 Å². The van der Waals surface area contributed by atoms with Crippen LogP contribution in [-0.4, -0.2) is 30.7 Å². The predicted octanol–water partition coefficient (Wildman–Crippen LogP) is -0.643. The zero-order chi connectivity index (χ0) is 12.2. The molecule has 0 saturated carbocycles. The highest BCUT2D eigenvalue weighted by Crippen LogP contribution is 2.03. The van der Waals surface area contributed by atoms with Gasteiger partial charge in [-0.3, -0.25) is 0 Å². The van der Waals surface area contributed by atoms with Crippen molar-refractivity contribution in [2.24, 2.45) is 5.14 Å². The van der Waals surface area contributed by atoms with Crippen molar-refractivity contribution >= 4 is 16.0 Å². The smallest absolute Gasteiger partial charge is 0.224 e. The van der Waals surface area contributed by atoms with E-state index in [2.05, 4.69) is 15.3 Å². The number of sulfonamides is 1. The highest BCUT2D eigenvalue weighted by Gasteiger charge is 2.04. The Hall–Kier alpha value is -1.72. The van der Waals surface area contributed by atoms with Crippen molar-refractivity contribution < 1.29 is 8.42 Å². The summed E-state index contributed by atoms with van der Waals surface area (Å²) in [4.78, 5) is 7.85. The molecule has 0 amide bonds. The van der Waals surface area contributed by atoms with E-state index < -0.39 is 10.0 Å². The van der Waals surface area contributed by atoms with Gasteiger partial charge in [0.15, 0.2) is 0 Å². The van der Waals surface area contributed by atoms with Gasteiger partial charge in [-0.25, -0.2) is 23.5 Å². The Morgan fingerprint density at radius 2 is 2.25 bits per heavy atom. The Morgan fingerprint density at radius 1 is 1.56 bits per heavy atom. The molecule has 0 aliphatic rings. The van der Waals surface area contributed by atoms with Crippen LogP contribution in [0.5, 0.6) is 0 Å². The number of nitriles is 1. The molecule has 1 aromatic rings. The van der Waals surface area contributed by atoms with Crippen molar-refractivity contribution in [1.29, 1.82) is 5.26 Å². The van der Waals surface area contributed by atoms with Gasteiger partial charge in [-0.2, -0.15) is 5.26 Å². The van der Waals surface area contributed by atoms with E-state index in [0.717, 1.165) is 0 Å². The third-order valence-corrected chi connectivity index (χ3v) is 2.41. The van der Waals surface area contributed by atoms with Crippen molar-refractivity contribution in [1.82, 2.24) is 9.97 Å². The molecule has 0 spiro atoms. The van der Waals surface area contributed by atoms with Gasteiger partial charge in [-0.15, -0.1) is 0 Å². The van der Waals surface area contributed by atoms with Crippen molar-refractivity contribution in [3.05, 3.63) is 17.5 Å². The number of nitrogens with zero attached hydrogens (tertiary/aromatic N) is 3. The summed E-state index contributed by atoms with van der Waals surface area (Å²) in [6, 6.07) is 3.41. The van der Waals surface area contributed by atoms with Crippen molar-refractivity contribution in [2.75, 3.05) is 17.6 Å². The van der Waals surface area contributed by atoms with E-state index in [0.29, 0.717) is 5.69 Å². The highest BCUT2D eigenvalue weighted by atomic mass is 32.2. The van der Waals surface area contributed by atoms with Crippen molar-refractivity contribution in [3.8, 4) is 6.07 Å². The summed E-state index contributed by atoms with van der Waals surface area (Å²) in [6.45, 7) is 1.82. The molecule has 16 heavy (non-hydrogen) atoms. The van der Waals surface area contributed by atoms with E-state index in [9.17, 15) is 8.42 Å². The summed E-state index contributed by atoms with van der Waals surface area (Å²) in [6.07, 6.45) is 0. The minimum absolute atomic E-state index is 0.104. The van der Waals surface area contributed by atoms with Crippen molar-refractivity contribution in [2.45, 2.75) is 6.92 Å². The molecule has 0 aliphatic carbocycles. The van der Waals surface area contributed by atoms with Crippen LogP contribution in [0.25, 0.3) is 0 Å². The topological polar surface area (TPSA) is 122 Å². The fourth-order valence-electron chi connectivity index (χ4n) is 1.01. The maximum Gasteiger partial charge on any atom is 0.224 e. The summed E-state index contributed by atoms with van der Waals surface area (Å²) >= 11 is 0. The van der Waals surface area contributed by atoms with Gasteiger partial charge in [0.25, 0.3) is 0 Å². The monoisotopic (exact) mass is 241 g/mol. The Morgan fingerprint density at radius 3 is 2.81 bits per heavy atom. The number of nitrogens with one attached hydrogen (secondary N) is 1. The first kappa shape index (κ1) is 12.4. The van der Waals surface area contributed by atoms with Gasteiger partial charge in [0.05, 0.1) is 5.75 Å². The second-order valence-corrected chi connectivity index (χ2v) is 4.86. The Bertz CT molecular complexity index is 520. The minimum atomic E-state index is -3.50. The molecule has 8 heteroatoms. The molecule has 1 aromatic heterocycles. The van der Waals surface area contributed by atoms with Gasteiger partial charge in [0.1, 0.15) is 11.8 Å². The lowest BCUT2D eigenvalue weighted by Crippen LogP contribution is -2.23. The van der Waals surface area contributed by atoms with Crippen LogP contribution < -0.4 is 10.5 Å². The maximum absolute atomic E-state index is 10.7. The molecule has 7 nitrogen and oxygen atoms in total. The van der Waals surface area contributed by atoms with Crippen LogP contribution in [0.15, 0.2) is 6.07 Å². The van der Waals surface area contributed by atoms with Gasteiger partial charge in [-0.05, 0) is 13.0 Å². The fourth-order valence-corrected chi connectivity index (χ4v) is 1.40. The van der Waals surface area contributed by atoms with Crippen molar-refractivity contribution in [3.63, 3.8) is 0 Å². The lowest BCUT2D eigenvalue weighted by molar-refractivity contribution is 0.598. The minimum Gasteiger partial charge on any atom is -0.353 e. The standard InChI is InChI=1S/C8H11N5O2S/c1-6-4-7(5-9)13-8(12-6)11-2-3-16(10,14)15/h4H,2-3H2,1H3,(H2,10,14,15)(H,11,12,13). The average Bonchev–Trinajstić information content (AvgIpc) is 2.14. The molecular weight excluding hydrogens is 230 g/mol. The molecule has 1 rings (SSSR count). The van der Waals surface area contributed by atoms with Gasteiger partial charge < -0.3 is 5.32 Å². The number of rotatable bonds is 4. The first-order valence-corrected chi connectivity index (χ1v) is 6.12. The molecule has 0 atom stereocenters. The quantitative estimate of drug-likeness (QED) is 0.722. The third kappa shape index (κ3) is 4.20. The van der Waals surface area contributed by atoms with E-state index in [4.69, 9.17) is 10.4 Å². The van der Waals surface area contributed by atoms with Gasteiger partial charge in [0, 0.05) is 12.2 Å². The number of aryl methyl sites for hydroxylation is 1. The summed E-state index contributed by atoms with van der Waals surface area (Å²) in [5.41, 5.74) is 0.857. The summed E-state index contributed by atoms with van der Waals surface area (Å²) in [7, 11) is -3.50. The van der Waals surface area contributed by atoms with Gasteiger partial charge in [-0.1, -0.05) is 0 Å². The van der Waals surface area contributed by atoms with Gasteiger partial charge in [0.2, 0.25) is 16.0 Å². The third-order valence-electron chi connectivity index (χ3n) is 1.64. The number of anilines is 1. The molecule has 0 aliphatic heterocycles. The van der Waals surface area contributed by atoms with Crippen LogP contribution in [0.3, 0.4) is 0 Å². The van der Waals surface area contributed by atoms with Gasteiger partial charge >= 0.3 is 0 Å². The molecule has 0 bridgehead atoms. The number of primary sulfonamides is 1. The van der Waals surface area contributed by atoms with Crippen LogP contribution in [0.2, 0.25) is 0 Å². The zero-order valence-electron chi connectivity index (χ0n) is 8.64. The summed E-state index contributed by atoms with van der Waals surface area (Å²) < 4.78 is 21.3. The summed E-state index contributed by atoms with van der Waals surface area (Å²) in [5, 5.41) is 16.2. The second kappa shape index (κ2) is 4.87. The number of hydrogen-bond acceptors (Lipinski definition) is 6. The molecule has 1 heterocycles. The SMILES string of the molecule is Cc1cc(C#N)nc(NCCS(N)(=O)=O)n1. The lowest BCUT2D eigenvalue weighted by atomic mass is 10.3. The maximum atomic E-state index is 10.7. The average molecular weight is 241 g/mol. The molecule has 0 unspecified atom stereocenters. The van der Waals surface area contributed by atoms with E-state index >= 15 is 0 Å². The Labute approximate surface area is 93.4 Å². The molecule has 0 aromatic carbocycles. The number of nitrogens with two attached hydrogens (primary N) is 1. The van der Waals surface area contributed by atoms with Crippen LogP contribution in [0, 0.1) is 18.3 Å². The van der Waals surface area contributed by atoms with Crippen LogP contribution in [0.1, 0.15) is 11.4 Å². The molecular formula is C8H11N5O2S. The molecule has 86 valence electrons. The largest absolute Gasteiger partial charge is 0.353 e. The highest BCUT2D eigenvalue weighted by molar-refractivity contribution is 7.89. The fraction of sp³-hybridized carbons (Fsp3) is 0.375. The Kier molecular flexibility index (Phi) is 3.76. The Balaban J connectivity index is 2.68. The molecule has 0 radical (unpaired) electrons. The first-order chi connectivity index (χ1) is 7.40. The summed E-state index contributed by atoms with van der Waals surface area (Å²) in [5.74, 6) is 0.00632. The number of aromatic nitrogens is 2.